The molecule has 0 spiro atoms. The molecule has 0 radical (unpaired) electrons. The van der Waals surface area contributed by atoms with Crippen molar-refractivity contribution in [3.05, 3.63) is 59.4 Å². The number of phenolic OH excluding ortho intramolecular Hbond substituents is 1. The van der Waals surface area contributed by atoms with E-state index < -0.39 is 0 Å². The molecular weight excluding hydrogens is 229 g/mol. The van der Waals surface area contributed by atoms with Crippen molar-refractivity contribution < 1.29 is 9.50 Å². The summed E-state index contributed by atoms with van der Waals surface area (Å²) < 4.78 is 13.0. The number of fused-ring (bicyclic) bond motifs is 1. The van der Waals surface area contributed by atoms with E-state index in [1.807, 2.05) is 18.2 Å². The fraction of sp³-hybridized carbons (Fsp3) is 0.200. The van der Waals surface area contributed by atoms with Crippen LogP contribution in [-0.4, -0.2) is 11.7 Å². The van der Waals surface area contributed by atoms with E-state index in [0.717, 1.165) is 29.8 Å². The maximum Gasteiger partial charge on any atom is 0.123 e. The SMILES string of the molecule is Oc1ccc2c(c1)NCCC2c1ccc(F)cc1. The van der Waals surface area contributed by atoms with Crippen LogP contribution < -0.4 is 5.32 Å². The first-order chi connectivity index (χ1) is 8.74. The van der Waals surface area contributed by atoms with Gasteiger partial charge in [-0.2, -0.15) is 0 Å². The van der Waals surface area contributed by atoms with Crippen LogP contribution in [-0.2, 0) is 0 Å². The van der Waals surface area contributed by atoms with E-state index in [0.29, 0.717) is 0 Å². The van der Waals surface area contributed by atoms with Gasteiger partial charge in [0.2, 0.25) is 0 Å². The minimum Gasteiger partial charge on any atom is -0.508 e. The van der Waals surface area contributed by atoms with Crippen molar-refractivity contribution in [2.24, 2.45) is 0 Å². The highest BCUT2D eigenvalue weighted by Crippen LogP contribution is 2.37. The monoisotopic (exact) mass is 243 g/mol. The summed E-state index contributed by atoms with van der Waals surface area (Å²) in [6.07, 6.45) is 0.976. The Bertz CT molecular complexity index is 565. The van der Waals surface area contributed by atoms with Crippen molar-refractivity contribution in [3.8, 4) is 5.75 Å². The minimum absolute atomic E-state index is 0.210. The first-order valence-corrected chi connectivity index (χ1v) is 6.06. The summed E-state index contributed by atoms with van der Waals surface area (Å²) >= 11 is 0. The molecule has 0 fully saturated rings. The Morgan fingerprint density at radius 1 is 1.11 bits per heavy atom. The number of halogens is 1. The van der Waals surface area contributed by atoms with Gasteiger partial charge in [0.25, 0.3) is 0 Å². The maximum absolute atomic E-state index is 13.0. The average Bonchev–Trinajstić information content (AvgIpc) is 2.38. The van der Waals surface area contributed by atoms with Crippen LogP contribution in [0.3, 0.4) is 0 Å². The number of phenols is 1. The molecule has 2 aromatic carbocycles. The lowest BCUT2D eigenvalue weighted by Gasteiger charge is -2.27. The smallest absolute Gasteiger partial charge is 0.123 e. The van der Waals surface area contributed by atoms with Crippen molar-refractivity contribution in [1.82, 2.24) is 0 Å². The molecule has 1 aliphatic rings. The van der Waals surface area contributed by atoms with Crippen LogP contribution in [0.15, 0.2) is 42.5 Å². The van der Waals surface area contributed by atoms with Crippen molar-refractivity contribution in [2.45, 2.75) is 12.3 Å². The van der Waals surface area contributed by atoms with E-state index in [1.165, 1.54) is 12.1 Å². The van der Waals surface area contributed by atoms with Crippen LogP contribution in [0.2, 0.25) is 0 Å². The van der Waals surface area contributed by atoms with Crippen molar-refractivity contribution in [1.29, 1.82) is 0 Å². The zero-order chi connectivity index (χ0) is 12.5. The van der Waals surface area contributed by atoms with Gasteiger partial charge in [-0.3, -0.25) is 0 Å². The van der Waals surface area contributed by atoms with Crippen molar-refractivity contribution >= 4 is 5.69 Å². The largest absolute Gasteiger partial charge is 0.508 e. The fourth-order valence-electron chi connectivity index (χ4n) is 2.55. The summed E-state index contributed by atoms with van der Waals surface area (Å²) in [6.45, 7) is 0.860. The van der Waals surface area contributed by atoms with Gasteiger partial charge in [-0.25, -0.2) is 4.39 Å². The average molecular weight is 243 g/mol. The van der Waals surface area contributed by atoms with Gasteiger partial charge in [-0.05, 0) is 35.7 Å². The molecule has 2 aromatic rings. The highest BCUT2D eigenvalue weighted by Gasteiger charge is 2.21. The summed E-state index contributed by atoms with van der Waals surface area (Å²) in [6, 6.07) is 12.0. The van der Waals surface area contributed by atoms with E-state index in [2.05, 4.69) is 5.32 Å². The molecule has 2 nitrogen and oxygen atoms in total. The number of anilines is 1. The van der Waals surface area contributed by atoms with Crippen LogP contribution in [0.4, 0.5) is 10.1 Å². The summed E-state index contributed by atoms with van der Waals surface area (Å²) in [7, 11) is 0. The quantitative estimate of drug-likeness (QED) is 0.803. The van der Waals surface area contributed by atoms with Gasteiger partial charge in [0, 0.05) is 24.2 Å². The first-order valence-electron chi connectivity index (χ1n) is 6.06. The molecule has 0 bridgehead atoms. The predicted molar refractivity (Wildman–Crippen MR) is 69.5 cm³/mol. The van der Waals surface area contributed by atoms with E-state index in [1.54, 1.807) is 12.1 Å². The molecule has 0 aliphatic carbocycles. The van der Waals surface area contributed by atoms with E-state index in [-0.39, 0.29) is 17.5 Å². The number of benzene rings is 2. The maximum atomic E-state index is 13.0. The number of hydrogen-bond donors (Lipinski definition) is 2. The highest BCUT2D eigenvalue weighted by molar-refractivity contribution is 5.60. The zero-order valence-corrected chi connectivity index (χ0v) is 9.86. The molecule has 1 unspecified atom stereocenters. The summed E-state index contributed by atoms with van der Waals surface area (Å²) in [5.74, 6) is 0.321. The first kappa shape index (κ1) is 11.1. The second-order valence-electron chi connectivity index (χ2n) is 4.59. The molecule has 1 heterocycles. The number of hydrogen-bond acceptors (Lipinski definition) is 2. The predicted octanol–water partition coefficient (Wildman–Crippen LogP) is 3.48. The van der Waals surface area contributed by atoms with Crippen LogP contribution in [0.25, 0.3) is 0 Å². The van der Waals surface area contributed by atoms with Gasteiger partial charge in [-0.1, -0.05) is 18.2 Å². The third-order valence-corrected chi connectivity index (χ3v) is 3.43. The van der Waals surface area contributed by atoms with Gasteiger partial charge >= 0.3 is 0 Å². The molecule has 0 aromatic heterocycles. The molecule has 92 valence electrons. The minimum atomic E-state index is -0.210. The van der Waals surface area contributed by atoms with Crippen LogP contribution in [0, 0.1) is 5.82 Å². The van der Waals surface area contributed by atoms with E-state index >= 15 is 0 Å². The lowest BCUT2D eigenvalue weighted by molar-refractivity contribution is 0.475. The highest BCUT2D eigenvalue weighted by atomic mass is 19.1. The summed E-state index contributed by atoms with van der Waals surface area (Å²) in [4.78, 5) is 0. The molecule has 1 atom stereocenters. The number of aromatic hydroxyl groups is 1. The number of rotatable bonds is 1. The molecule has 1 aliphatic heterocycles. The van der Waals surface area contributed by atoms with Gasteiger partial charge in [-0.15, -0.1) is 0 Å². The lowest BCUT2D eigenvalue weighted by Crippen LogP contribution is -2.17. The molecule has 0 amide bonds. The normalized spacial score (nSPS) is 17.9. The third-order valence-electron chi connectivity index (χ3n) is 3.43. The van der Waals surface area contributed by atoms with Gasteiger partial charge < -0.3 is 10.4 Å². The standard InChI is InChI=1S/C15H14FNO/c16-11-3-1-10(2-4-11)13-7-8-17-15-9-12(18)5-6-14(13)15/h1-6,9,13,17-18H,7-8H2. The second kappa shape index (κ2) is 4.33. The number of nitrogens with one attached hydrogen (secondary N) is 1. The molecule has 0 saturated carbocycles. The van der Waals surface area contributed by atoms with Gasteiger partial charge in [0.15, 0.2) is 0 Å². The van der Waals surface area contributed by atoms with Crippen LogP contribution in [0.5, 0.6) is 5.75 Å². The lowest BCUT2D eigenvalue weighted by atomic mass is 9.85. The van der Waals surface area contributed by atoms with Crippen molar-refractivity contribution in [3.63, 3.8) is 0 Å². The second-order valence-corrected chi connectivity index (χ2v) is 4.59. The Labute approximate surface area is 105 Å². The Balaban J connectivity index is 2.03. The summed E-state index contributed by atoms with van der Waals surface area (Å²) in [5, 5.41) is 12.8. The Morgan fingerprint density at radius 2 is 1.89 bits per heavy atom. The zero-order valence-electron chi connectivity index (χ0n) is 9.86. The Morgan fingerprint density at radius 3 is 2.67 bits per heavy atom. The van der Waals surface area contributed by atoms with Crippen LogP contribution >= 0.6 is 0 Å². The molecule has 2 N–H and O–H groups in total. The Hall–Kier alpha value is -2.03. The molecular formula is C15H14FNO. The topological polar surface area (TPSA) is 32.3 Å². The van der Waals surface area contributed by atoms with Crippen LogP contribution in [0.1, 0.15) is 23.5 Å². The Kier molecular flexibility index (Phi) is 2.67. The van der Waals surface area contributed by atoms with Gasteiger partial charge in [0.05, 0.1) is 0 Å². The molecule has 3 rings (SSSR count). The van der Waals surface area contributed by atoms with E-state index in [9.17, 15) is 9.50 Å². The molecule has 18 heavy (non-hydrogen) atoms. The molecule has 3 heteroatoms. The third kappa shape index (κ3) is 1.92. The van der Waals surface area contributed by atoms with Crippen molar-refractivity contribution in [2.75, 3.05) is 11.9 Å². The fourth-order valence-corrected chi connectivity index (χ4v) is 2.55. The van der Waals surface area contributed by atoms with Gasteiger partial charge in [0.1, 0.15) is 11.6 Å². The van der Waals surface area contributed by atoms with E-state index in [4.69, 9.17) is 0 Å². The summed E-state index contributed by atoms with van der Waals surface area (Å²) in [5.41, 5.74) is 3.24. The molecule has 0 saturated heterocycles.